The Morgan fingerprint density at radius 2 is 1.54 bits per heavy atom. The Balaban J connectivity index is 1.34. The van der Waals surface area contributed by atoms with E-state index in [0.29, 0.717) is 17.3 Å². The van der Waals surface area contributed by atoms with Gasteiger partial charge >= 0.3 is 6.18 Å². The van der Waals surface area contributed by atoms with Crippen molar-refractivity contribution in [1.29, 1.82) is 0 Å². The van der Waals surface area contributed by atoms with E-state index in [2.05, 4.69) is 20.6 Å². The Morgan fingerprint density at radius 3 is 2.26 bits per heavy atom. The van der Waals surface area contributed by atoms with Gasteiger partial charge in [-0.1, -0.05) is 25.0 Å². The van der Waals surface area contributed by atoms with Gasteiger partial charge in [-0.15, -0.1) is 0 Å². The predicted octanol–water partition coefficient (Wildman–Crippen LogP) is 7.96. The van der Waals surface area contributed by atoms with Crippen LogP contribution in [0.2, 0.25) is 0 Å². The summed E-state index contributed by atoms with van der Waals surface area (Å²) in [6.07, 6.45) is 5.62. The Bertz CT molecular complexity index is 1140. The number of aromatic nitrogens is 2. The Morgan fingerprint density at radius 1 is 0.829 bits per heavy atom. The summed E-state index contributed by atoms with van der Waals surface area (Å²) in [7, 11) is 0. The van der Waals surface area contributed by atoms with E-state index in [1.165, 1.54) is 25.7 Å². The average Bonchev–Trinajstić information content (AvgIpc) is 3.55. The summed E-state index contributed by atoms with van der Waals surface area (Å²) in [6, 6.07) is 14.9. The second-order valence-electron chi connectivity index (χ2n) is 9.36. The monoisotopic (exact) mass is 482 g/mol. The molecule has 0 amide bonds. The fourth-order valence-corrected chi connectivity index (χ4v) is 4.96. The highest BCUT2D eigenvalue weighted by atomic mass is 19.4. The quantitative estimate of drug-likeness (QED) is 0.358. The summed E-state index contributed by atoms with van der Waals surface area (Å²) in [4.78, 5) is 8.09. The van der Waals surface area contributed by atoms with Gasteiger partial charge in [0.05, 0.1) is 6.10 Å². The minimum Gasteiger partial charge on any atom is -0.490 e. The number of ether oxygens (including phenoxy) is 1. The number of benzene rings is 2. The molecule has 2 aliphatic rings. The first-order chi connectivity index (χ1) is 16.9. The lowest BCUT2D eigenvalue weighted by Crippen LogP contribution is -2.13. The third-order valence-electron chi connectivity index (χ3n) is 6.79. The van der Waals surface area contributed by atoms with Crippen molar-refractivity contribution in [3.05, 3.63) is 65.9 Å². The van der Waals surface area contributed by atoms with Crippen LogP contribution in [-0.4, -0.2) is 16.1 Å². The molecule has 2 aromatic carbocycles. The molecule has 0 unspecified atom stereocenters. The zero-order chi connectivity index (χ0) is 24.3. The highest BCUT2D eigenvalue weighted by Gasteiger charge is 2.35. The summed E-state index contributed by atoms with van der Waals surface area (Å²) in [5.74, 6) is 1.04. The van der Waals surface area contributed by atoms with E-state index < -0.39 is 11.7 Å². The first-order valence-corrected chi connectivity index (χ1v) is 12.3. The van der Waals surface area contributed by atoms with E-state index in [9.17, 15) is 13.2 Å². The Labute approximate surface area is 203 Å². The molecule has 5 rings (SSSR count). The summed E-state index contributed by atoms with van der Waals surface area (Å²) in [6.45, 7) is 0. The first-order valence-electron chi connectivity index (χ1n) is 12.3. The maximum absolute atomic E-state index is 13.7. The molecule has 35 heavy (non-hydrogen) atoms. The Hall–Kier alpha value is -3.29. The van der Waals surface area contributed by atoms with Crippen LogP contribution >= 0.6 is 0 Å². The summed E-state index contributed by atoms with van der Waals surface area (Å²) in [5, 5.41) is 5.89. The van der Waals surface area contributed by atoms with Crippen molar-refractivity contribution in [3.8, 4) is 5.75 Å². The summed E-state index contributed by atoms with van der Waals surface area (Å²) < 4.78 is 47.0. The van der Waals surface area contributed by atoms with E-state index in [-0.39, 0.29) is 17.9 Å². The van der Waals surface area contributed by atoms with E-state index in [1.54, 1.807) is 6.07 Å². The minimum absolute atomic E-state index is 0.0805. The molecule has 0 bridgehead atoms. The zero-order valence-corrected chi connectivity index (χ0v) is 19.4. The van der Waals surface area contributed by atoms with E-state index in [1.807, 2.05) is 42.5 Å². The second kappa shape index (κ2) is 10.1. The zero-order valence-electron chi connectivity index (χ0n) is 19.4. The van der Waals surface area contributed by atoms with Crippen LogP contribution in [0.3, 0.4) is 0 Å². The number of alkyl halides is 3. The lowest BCUT2D eigenvalue weighted by Gasteiger charge is -2.17. The molecule has 1 aromatic heterocycles. The van der Waals surface area contributed by atoms with Gasteiger partial charge in [-0.3, -0.25) is 0 Å². The van der Waals surface area contributed by atoms with Crippen LogP contribution in [0, 0.1) is 0 Å². The molecule has 184 valence electrons. The van der Waals surface area contributed by atoms with E-state index in [0.717, 1.165) is 43.2 Å². The van der Waals surface area contributed by atoms with Crippen molar-refractivity contribution in [3.63, 3.8) is 0 Å². The van der Waals surface area contributed by atoms with E-state index >= 15 is 0 Å². The van der Waals surface area contributed by atoms with Gasteiger partial charge < -0.3 is 15.4 Å². The van der Waals surface area contributed by atoms with Crippen molar-refractivity contribution < 1.29 is 17.9 Å². The number of rotatable bonds is 7. The maximum atomic E-state index is 13.7. The number of nitrogens with zero attached hydrogens (tertiary/aromatic N) is 2. The van der Waals surface area contributed by atoms with Gasteiger partial charge in [-0.25, -0.2) is 4.98 Å². The molecule has 2 aliphatic carbocycles. The molecular formula is C27H29F3N4O. The summed E-state index contributed by atoms with van der Waals surface area (Å²) >= 11 is 0. The molecule has 0 spiro atoms. The fourth-order valence-electron chi connectivity index (χ4n) is 4.96. The molecule has 2 N–H and O–H groups in total. The molecule has 0 radical (unpaired) electrons. The third-order valence-corrected chi connectivity index (χ3v) is 6.79. The highest BCUT2D eigenvalue weighted by Crippen LogP contribution is 2.38. The number of halogens is 3. The van der Waals surface area contributed by atoms with Crippen molar-refractivity contribution in [2.45, 2.75) is 69.6 Å². The molecule has 1 heterocycles. The van der Waals surface area contributed by atoms with Crippen molar-refractivity contribution >= 4 is 23.1 Å². The molecule has 5 nitrogen and oxygen atoms in total. The lowest BCUT2D eigenvalue weighted by atomic mass is 9.97. The number of hydrogen-bond donors (Lipinski definition) is 2. The van der Waals surface area contributed by atoms with Gasteiger partial charge in [0, 0.05) is 17.6 Å². The highest BCUT2D eigenvalue weighted by molar-refractivity contribution is 5.63. The SMILES string of the molecule is FC(F)(F)c1cnc(Nc2ccc(OC3CCCC3)cc2)nc1Nc1cccc(C2CCCC2)c1. The Kier molecular flexibility index (Phi) is 6.79. The van der Waals surface area contributed by atoms with E-state index in [4.69, 9.17) is 4.74 Å². The average molecular weight is 483 g/mol. The van der Waals surface area contributed by atoms with Crippen LogP contribution in [0.5, 0.6) is 5.75 Å². The van der Waals surface area contributed by atoms with Gasteiger partial charge in [0.25, 0.3) is 0 Å². The van der Waals surface area contributed by atoms with Crippen molar-refractivity contribution in [2.24, 2.45) is 0 Å². The topological polar surface area (TPSA) is 59.1 Å². The fraction of sp³-hybridized carbons (Fsp3) is 0.407. The van der Waals surface area contributed by atoms with Crippen LogP contribution in [0.15, 0.2) is 54.7 Å². The van der Waals surface area contributed by atoms with Crippen LogP contribution in [0.25, 0.3) is 0 Å². The molecule has 0 saturated heterocycles. The number of hydrogen-bond acceptors (Lipinski definition) is 5. The van der Waals surface area contributed by atoms with Gasteiger partial charge in [0.1, 0.15) is 17.1 Å². The standard InChI is InChI=1S/C27H29F3N4O/c28-27(29,30)24-17-31-26(33-20-12-14-23(15-13-20)35-22-10-3-4-11-22)34-25(24)32-21-9-5-8-19(16-21)18-6-1-2-7-18/h5,8-9,12-18,22H,1-4,6-7,10-11H2,(H2,31,32,33,34). The molecular weight excluding hydrogens is 453 g/mol. The molecule has 0 atom stereocenters. The molecule has 2 fully saturated rings. The summed E-state index contributed by atoms with van der Waals surface area (Å²) in [5.41, 5.74) is 1.48. The largest absolute Gasteiger partial charge is 0.490 e. The van der Waals surface area contributed by atoms with Crippen LogP contribution in [-0.2, 0) is 6.18 Å². The van der Waals surface area contributed by atoms with Crippen LogP contribution < -0.4 is 15.4 Å². The number of nitrogens with one attached hydrogen (secondary N) is 2. The smallest absolute Gasteiger partial charge is 0.421 e. The third kappa shape index (κ3) is 5.86. The van der Waals surface area contributed by atoms with Gasteiger partial charge in [-0.2, -0.15) is 18.2 Å². The van der Waals surface area contributed by atoms with Crippen LogP contribution in [0.1, 0.15) is 68.4 Å². The van der Waals surface area contributed by atoms with Crippen molar-refractivity contribution in [2.75, 3.05) is 10.6 Å². The molecule has 8 heteroatoms. The lowest BCUT2D eigenvalue weighted by molar-refractivity contribution is -0.137. The molecule has 0 aliphatic heterocycles. The van der Waals surface area contributed by atoms with Gasteiger partial charge in [-0.05, 0) is 86.4 Å². The number of anilines is 4. The molecule has 3 aromatic rings. The van der Waals surface area contributed by atoms with Gasteiger partial charge in [0.2, 0.25) is 5.95 Å². The maximum Gasteiger partial charge on any atom is 0.421 e. The van der Waals surface area contributed by atoms with Crippen LogP contribution in [0.4, 0.5) is 36.3 Å². The second-order valence-corrected chi connectivity index (χ2v) is 9.36. The normalized spacial score (nSPS) is 17.0. The van der Waals surface area contributed by atoms with Crippen molar-refractivity contribution in [1.82, 2.24) is 9.97 Å². The minimum atomic E-state index is -4.58. The predicted molar refractivity (Wildman–Crippen MR) is 131 cm³/mol. The van der Waals surface area contributed by atoms with Gasteiger partial charge in [0.15, 0.2) is 0 Å². The first kappa shape index (κ1) is 23.5. The molecule has 2 saturated carbocycles.